The van der Waals surface area contributed by atoms with Gasteiger partial charge in [-0.25, -0.2) is 4.39 Å². The Kier molecular flexibility index (Phi) is 6.23. The van der Waals surface area contributed by atoms with Crippen LogP contribution in [0.5, 0.6) is 0 Å². The summed E-state index contributed by atoms with van der Waals surface area (Å²) in [7, 11) is 0. The van der Waals surface area contributed by atoms with E-state index in [1.54, 1.807) is 0 Å². The molecule has 21 heavy (non-hydrogen) atoms. The van der Waals surface area contributed by atoms with Crippen LogP contribution in [0, 0.1) is 15.9 Å². The molecule has 1 aromatic rings. The van der Waals surface area contributed by atoms with Crippen LogP contribution in [0.25, 0.3) is 0 Å². The molecule has 0 saturated heterocycles. The summed E-state index contributed by atoms with van der Waals surface area (Å²) in [5, 5.41) is 19.8. The van der Waals surface area contributed by atoms with E-state index in [4.69, 9.17) is 5.11 Å². The summed E-state index contributed by atoms with van der Waals surface area (Å²) >= 11 is 0. The lowest BCUT2D eigenvalue weighted by Crippen LogP contribution is -2.41. The summed E-state index contributed by atoms with van der Waals surface area (Å²) in [5.74, 6) is -1.35. The van der Waals surface area contributed by atoms with E-state index in [0.29, 0.717) is 12.8 Å². The van der Waals surface area contributed by atoms with Crippen LogP contribution in [0.15, 0.2) is 18.2 Å². The number of benzene rings is 1. The second-order valence-corrected chi connectivity index (χ2v) is 4.65. The number of carbonyl (C=O) groups is 1. The molecule has 0 aliphatic heterocycles. The smallest absolute Gasteiger partial charge is 0.273 e. The van der Waals surface area contributed by atoms with Crippen LogP contribution >= 0.6 is 0 Å². The van der Waals surface area contributed by atoms with Crippen molar-refractivity contribution in [1.82, 2.24) is 4.90 Å². The van der Waals surface area contributed by atoms with Crippen LogP contribution in [0.4, 0.5) is 10.1 Å². The van der Waals surface area contributed by atoms with E-state index in [-0.39, 0.29) is 24.8 Å². The maximum Gasteiger partial charge on any atom is 0.273 e. The highest BCUT2D eigenvalue weighted by molar-refractivity contribution is 5.95. The molecule has 0 saturated carbocycles. The number of hydrogen-bond donors (Lipinski definition) is 1. The molecule has 6 nitrogen and oxygen atoms in total. The fraction of sp³-hybridized carbons (Fsp3) is 0.500. The number of aliphatic hydroxyl groups excluding tert-OH is 1. The normalized spacial score (nSPS) is 10.7. The van der Waals surface area contributed by atoms with Gasteiger partial charge in [-0.15, -0.1) is 0 Å². The van der Waals surface area contributed by atoms with Gasteiger partial charge in [-0.3, -0.25) is 14.9 Å². The number of amides is 1. The molecule has 1 N–H and O–H groups in total. The second kappa shape index (κ2) is 7.68. The van der Waals surface area contributed by atoms with Crippen LogP contribution in [-0.2, 0) is 0 Å². The first-order valence-corrected chi connectivity index (χ1v) is 6.81. The molecule has 0 radical (unpaired) electrons. The standard InChI is InChI=1S/C14H19FN2O4/c1-3-12(4-2)16(5-6-18)14(19)10-7-11(15)9-13(8-10)17(20)21/h7-9,12,18H,3-6H2,1-2H3. The number of nitrogens with zero attached hydrogens (tertiary/aromatic N) is 2. The molecular weight excluding hydrogens is 279 g/mol. The third-order valence-electron chi connectivity index (χ3n) is 3.33. The summed E-state index contributed by atoms with van der Waals surface area (Å²) in [6.45, 7) is 3.69. The highest BCUT2D eigenvalue weighted by Crippen LogP contribution is 2.20. The third kappa shape index (κ3) is 4.22. The molecule has 1 aromatic carbocycles. The first-order chi connectivity index (χ1) is 9.94. The van der Waals surface area contributed by atoms with E-state index < -0.39 is 22.3 Å². The second-order valence-electron chi connectivity index (χ2n) is 4.65. The average molecular weight is 298 g/mol. The number of hydrogen-bond acceptors (Lipinski definition) is 4. The SMILES string of the molecule is CCC(CC)N(CCO)C(=O)c1cc(F)cc([N+](=O)[O-])c1. The summed E-state index contributed by atoms with van der Waals surface area (Å²) in [6.07, 6.45) is 1.36. The Balaban J connectivity index is 3.16. The number of non-ortho nitro benzene ring substituents is 1. The minimum atomic E-state index is -0.832. The Morgan fingerprint density at radius 2 is 2.00 bits per heavy atom. The van der Waals surface area contributed by atoms with Crippen molar-refractivity contribution in [2.24, 2.45) is 0 Å². The molecule has 0 aliphatic rings. The maximum absolute atomic E-state index is 13.4. The lowest BCUT2D eigenvalue weighted by molar-refractivity contribution is -0.385. The van der Waals surface area contributed by atoms with Gasteiger partial charge in [0.2, 0.25) is 0 Å². The zero-order valence-corrected chi connectivity index (χ0v) is 12.1. The van der Waals surface area contributed by atoms with Crippen LogP contribution in [0.3, 0.4) is 0 Å². The summed E-state index contributed by atoms with van der Waals surface area (Å²) in [5.41, 5.74) is -0.547. The zero-order chi connectivity index (χ0) is 16.0. The molecule has 0 aromatic heterocycles. The monoisotopic (exact) mass is 298 g/mol. The van der Waals surface area contributed by atoms with Crippen LogP contribution in [0.2, 0.25) is 0 Å². The van der Waals surface area contributed by atoms with Gasteiger partial charge in [0.15, 0.2) is 0 Å². The van der Waals surface area contributed by atoms with Gasteiger partial charge in [0, 0.05) is 24.2 Å². The van der Waals surface area contributed by atoms with Gasteiger partial charge >= 0.3 is 0 Å². The van der Waals surface area contributed by atoms with Crippen LogP contribution < -0.4 is 0 Å². The van der Waals surface area contributed by atoms with Gasteiger partial charge in [0.05, 0.1) is 17.6 Å². The van der Waals surface area contributed by atoms with E-state index in [1.165, 1.54) is 4.90 Å². The van der Waals surface area contributed by atoms with Gasteiger partial charge in [-0.2, -0.15) is 0 Å². The third-order valence-corrected chi connectivity index (χ3v) is 3.33. The van der Waals surface area contributed by atoms with E-state index in [0.717, 1.165) is 18.2 Å². The fourth-order valence-corrected chi connectivity index (χ4v) is 2.26. The van der Waals surface area contributed by atoms with Gasteiger partial charge in [-0.05, 0) is 18.9 Å². The minimum Gasteiger partial charge on any atom is -0.395 e. The van der Waals surface area contributed by atoms with Crippen molar-refractivity contribution in [2.45, 2.75) is 32.7 Å². The van der Waals surface area contributed by atoms with Crippen molar-refractivity contribution < 1.29 is 19.2 Å². The molecule has 0 fully saturated rings. The Morgan fingerprint density at radius 3 is 2.48 bits per heavy atom. The molecular formula is C14H19FN2O4. The molecule has 1 amide bonds. The Morgan fingerprint density at radius 1 is 1.38 bits per heavy atom. The fourth-order valence-electron chi connectivity index (χ4n) is 2.26. The lowest BCUT2D eigenvalue weighted by atomic mass is 10.1. The lowest BCUT2D eigenvalue weighted by Gasteiger charge is -2.30. The van der Waals surface area contributed by atoms with Gasteiger partial charge in [0.25, 0.3) is 11.6 Å². The molecule has 7 heteroatoms. The van der Waals surface area contributed by atoms with Crippen molar-refractivity contribution in [3.05, 3.63) is 39.7 Å². The van der Waals surface area contributed by atoms with Crippen molar-refractivity contribution in [1.29, 1.82) is 0 Å². The predicted octanol–water partition coefficient (Wildman–Crippen LogP) is 2.36. The molecule has 0 atom stereocenters. The largest absolute Gasteiger partial charge is 0.395 e. The van der Waals surface area contributed by atoms with Gasteiger partial charge in [0.1, 0.15) is 5.82 Å². The quantitative estimate of drug-likeness (QED) is 0.618. The Hall–Kier alpha value is -2.02. The Bertz CT molecular complexity index is 518. The van der Waals surface area contributed by atoms with Crippen LogP contribution in [0.1, 0.15) is 37.0 Å². The van der Waals surface area contributed by atoms with Crippen LogP contribution in [-0.4, -0.2) is 40.0 Å². The summed E-state index contributed by atoms with van der Waals surface area (Å²) in [6, 6.07) is 2.69. The zero-order valence-electron chi connectivity index (χ0n) is 12.1. The topological polar surface area (TPSA) is 83.7 Å². The maximum atomic E-state index is 13.4. The minimum absolute atomic E-state index is 0.0814. The van der Waals surface area contributed by atoms with Crippen molar-refractivity contribution >= 4 is 11.6 Å². The summed E-state index contributed by atoms with van der Waals surface area (Å²) in [4.78, 5) is 23.9. The molecule has 0 aliphatic carbocycles. The molecule has 0 heterocycles. The predicted molar refractivity (Wildman–Crippen MR) is 75.5 cm³/mol. The first-order valence-electron chi connectivity index (χ1n) is 6.81. The van der Waals surface area contributed by atoms with Crippen molar-refractivity contribution in [3.63, 3.8) is 0 Å². The highest BCUT2D eigenvalue weighted by Gasteiger charge is 2.24. The number of halogens is 1. The molecule has 1 rings (SSSR count). The number of nitro benzene ring substituents is 1. The molecule has 0 spiro atoms. The van der Waals surface area contributed by atoms with E-state index in [1.807, 2.05) is 13.8 Å². The number of rotatable bonds is 7. The van der Waals surface area contributed by atoms with E-state index >= 15 is 0 Å². The van der Waals surface area contributed by atoms with E-state index in [9.17, 15) is 19.3 Å². The van der Waals surface area contributed by atoms with Gasteiger partial charge in [-0.1, -0.05) is 13.8 Å². The number of aliphatic hydroxyl groups is 1. The molecule has 0 bridgehead atoms. The summed E-state index contributed by atoms with van der Waals surface area (Å²) < 4.78 is 13.4. The average Bonchev–Trinajstić information content (AvgIpc) is 2.46. The first kappa shape index (κ1) is 17.0. The molecule has 116 valence electrons. The Labute approximate surface area is 122 Å². The van der Waals surface area contributed by atoms with Gasteiger partial charge < -0.3 is 10.0 Å². The van der Waals surface area contributed by atoms with E-state index in [2.05, 4.69) is 0 Å². The van der Waals surface area contributed by atoms with Crippen molar-refractivity contribution in [2.75, 3.05) is 13.2 Å². The number of carbonyl (C=O) groups excluding carboxylic acids is 1. The van der Waals surface area contributed by atoms with Crippen molar-refractivity contribution in [3.8, 4) is 0 Å². The highest BCUT2D eigenvalue weighted by atomic mass is 19.1. The molecule has 0 unspecified atom stereocenters. The number of nitro groups is 1.